The summed E-state index contributed by atoms with van der Waals surface area (Å²) in [6, 6.07) is 7.39. The highest BCUT2D eigenvalue weighted by Crippen LogP contribution is 2.36. The van der Waals surface area contributed by atoms with E-state index >= 15 is 0 Å². The summed E-state index contributed by atoms with van der Waals surface area (Å²) in [4.78, 5) is 0. The van der Waals surface area contributed by atoms with E-state index < -0.39 is 10.2 Å². The van der Waals surface area contributed by atoms with Crippen LogP contribution in [-0.4, -0.2) is 47.0 Å². The van der Waals surface area contributed by atoms with E-state index in [1.54, 1.807) is 24.3 Å². The predicted molar refractivity (Wildman–Crippen MR) is 77.8 cm³/mol. The van der Waals surface area contributed by atoms with Gasteiger partial charge in [0.2, 0.25) is 0 Å². The summed E-state index contributed by atoms with van der Waals surface area (Å²) < 4.78 is 28.9. The molecule has 21 heavy (non-hydrogen) atoms. The molecule has 1 N–H and O–H groups in total. The van der Waals surface area contributed by atoms with Gasteiger partial charge < -0.3 is 0 Å². The number of rotatable bonds is 5. The number of tetrazole rings is 1. The molecule has 1 heterocycles. The van der Waals surface area contributed by atoms with Crippen LogP contribution < -0.4 is 4.72 Å². The summed E-state index contributed by atoms with van der Waals surface area (Å²) in [5.41, 5.74) is 1.36. The van der Waals surface area contributed by atoms with Gasteiger partial charge in [-0.05, 0) is 47.5 Å². The molecule has 1 aromatic carbocycles. The molecular weight excluding hydrogens is 292 g/mol. The summed E-state index contributed by atoms with van der Waals surface area (Å²) in [5.74, 6) is 0.708. The Morgan fingerprint density at radius 1 is 1.24 bits per heavy atom. The third-order valence-electron chi connectivity index (χ3n) is 3.26. The van der Waals surface area contributed by atoms with Gasteiger partial charge in [0.05, 0.1) is 6.04 Å². The highest BCUT2D eigenvalue weighted by molar-refractivity contribution is 7.90. The SMILES string of the molecule is CN(C)S(=O)(=O)Nc1ccc(-c2nnnn2C2CC2)cc1. The molecule has 112 valence electrons. The minimum absolute atomic E-state index is 0.391. The summed E-state index contributed by atoms with van der Waals surface area (Å²) in [6.45, 7) is 0. The van der Waals surface area contributed by atoms with E-state index in [0.29, 0.717) is 17.6 Å². The van der Waals surface area contributed by atoms with Crippen LogP contribution in [0.4, 0.5) is 5.69 Å². The number of nitrogens with one attached hydrogen (secondary N) is 1. The Morgan fingerprint density at radius 2 is 1.90 bits per heavy atom. The quantitative estimate of drug-likeness (QED) is 0.885. The van der Waals surface area contributed by atoms with Crippen LogP contribution in [0.2, 0.25) is 0 Å². The summed E-state index contributed by atoms with van der Waals surface area (Å²) in [6.07, 6.45) is 2.19. The molecule has 0 saturated heterocycles. The fourth-order valence-corrected chi connectivity index (χ4v) is 2.49. The van der Waals surface area contributed by atoms with E-state index in [-0.39, 0.29) is 0 Å². The second-order valence-corrected chi connectivity index (χ2v) is 7.03. The van der Waals surface area contributed by atoms with Gasteiger partial charge in [0.1, 0.15) is 0 Å². The Labute approximate surface area is 122 Å². The average molecular weight is 308 g/mol. The fourth-order valence-electron chi connectivity index (χ4n) is 1.88. The molecule has 0 atom stereocenters. The number of aromatic nitrogens is 4. The standard InChI is InChI=1S/C12H16N6O2S/c1-17(2)21(19,20)14-10-5-3-9(4-6-10)12-13-15-16-18(12)11-7-8-11/h3-6,11,14H,7-8H2,1-2H3. The third kappa shape index (κ3) is 2.88. The molecule has 0 amide bonds. The largest absolute Gasteiger partial charge is 0.301 e. The third-order valence-corrected chi connectivity index (χ3v) is 4.71. The number of hydrogen-bond donors (Lipinski definition) is 1. The molecule has 0 aliphatic heterocycles. The highest BCUT2D eigenvalue weighted by atomic mass is 32.2. The van der Waals surface area contributed by atoms with Crippen LogP contribution in [0.25, 0.3) is 11.4 Å². The first-order valence-electron chi connectivity index (χ1n) is 6.56. The molecular formula is C12H16N6O2S. The maximum Gasteiger partial charge on any atom is 0.301 e. The van der Waals surface area contributed by atoms with E-state index in [1.807, 2.05) is 4.68 Å². The number of nitrogens with zero attached hydrogens (tertiary/aromatic N) is 5. The lowest BCUT2D eigenvalue weighted by Gasteiger charge is -2.13. The van der Waals surface area contributed by atoms with Crippen LogP contribution in [0, 0.1) is 0 Å². The molecule has 0 radical (unpaired) electrons. The van der Waals surface area contributed by atoms with Gasteiger partial charge in [-0.25, -0.2) is 4.68 Å². The lowest BCUT2D eigenvalue weighted by molar-refractivity contribution is 0.527. The smallest absolute Gasteiger partial charge is 0.271 e. The number of hydrogen-bond acceptors (Lipinski definition) is 5. The van der Waals surface area contributed by atoms with Crippen molar-refractivity contribution >= 4 is 15.9 Å². The molecule has 1 aromatic heterocycles. The first-order valence-corrected chi connectivity index (χ1v) is 8.00. The van der Waals surface area contributed by atoms with Crippen molar-refractivity contribution in [2.75, 3.05) is 18.8 Å². The van der Waals surface area contributed by atoms with E-state index in [9.17, 15) is 8.42 Å². The normalized spacial score (nSPS) is 15.4. The monoisotopic (exact) mass is 308 g/mol. The molecule has 9 heteroatoms. The lowest BCUT2D eigenvalue weighted by Crippen LogP contribution is -2.28. The minimum Gasteiger partial charge on any atom is -0.271 e. The van der Waals surface area contributed by atoms with Gasteiger partial charge >= 0.3 is 10.2 Å². The Hall–Kier alpha value is -2.00. The summed E-state index contributed by atoms with van der Waals surface area (Å²) in [7, 11) is -0.546. The zero-order valence-corrected chi connectivity index (χ0v) is 12.6. The minimum atomic E-state index is -3.49. The molecule has 1 aliphatic rings. The molecule has 2 aromatic rings. The molecule has 3 rings (SSSR count). The number of anilines is 1. The van der Waals surface area contributed by atoms with Gasteiger partial charge in [-0.2, -0.15) is 12.7 Å². The van der Waals surface area contributed by atoms with Gasteiger partial charge in [-0.3, -0.25) is 4.72 Å². The van der Waals surface area contributed by atoms with Crippen molar-refractivity contribution in [3.63, 3.8) is 0 Å². The molecule has 0 unspecified atom stereocenters. The second kappa shape index (κ2) is 5.08. The molecule has 1 aliphatic carbocycles. The summed E-state index contributed by atoms with van der Waals surface area (Å²) in [5, 5.41) is 11.7. The Morgan fingerprint density at radius 3 is 2.48 bits per heavy atom. The van der Waals surface area contributed by atoms with Crippen LogP contribution >= 0.6 is 0 Å². The van der Waals surface area contributed by atoms with Gasteiger partial charge in [-0.15, -0.1) is 5.10 Å². The highest BCUT2D eigenvalue weighted by Gasteiger charge is 2.28. The van der Waals surface area contributed by atoms with E-state index in [2.05, 4.69) is 20.2 Å². The van der Waals surface area contributed by atoms with E-state index in [4.69, 9.17) is 0 Å². The predicted octanol–water partition coefficient (Wildman–Crippen LogP) is 0.893. The van der Waals surface area contributed by atoms with Crippen molar-refractivity contribution in [2.45, 2.75) is 18.9 Å². The average Bonchev–Trinajstić information content (AvgIpc) is 3.17. The van der Waals surface area contributed by atoms with Crippen molar-refractivity contribution in [2.24, 2.45) is 0 Å². The van der Waals surface area contributed by atoms with Gasteiger partial charge in [-0.1, -0.05) is 0 Å². The van der Waals surface area contributed by atoms with Gasteiger partial charge in [0, 0.05) is 25.3 Å². The Balaban J connectivity index is 1.82. The molecule has 0 bridgehead atoms. The Bertz CT molecular complexity index is 733. The van der Waals surface area contributed by atoms with Gasteiger partial charge in [0.15, 0.2) is 5.82 Å². The van der Waals surface area contributed by atoms with Crippen molar-refractivity contribution in [3.8, 4) is 11.4 Å². The molecule has 1 fully saturated rings. The van der Waals surface area contributed by atoms with Crippen molar-refractivity contribution in [3.05, 3.63) is 24.3 Å². The van der Waals surface area contributed by atoms with E-state index in [0.717, 1.165) is 22.7 Å². The van der Waals surface area contributed by atoms with Crippen LogP contribution in [0.3, 0.4) is 0 Å². The fraction of sp³-hybridized carbons (Fsp3) is 0.417. The topological polar surface area (TPSA) is 93.0 Å². The van der Waals surface area contributed by atoms with Crippen molar-refractivity contribution in [1.82, 2.24) is 24.5 Å². The zero-order chi connectivity index (χ0) is 15.0. The van der Waals surface area contributed by atoms with Crippen LogP contribution in [0.5, 0.6) is 0 Å². The number of benzene rings is 1. The van der Waals surface area contributed by atoms with Crippen LogP contribution in [-0.2, 0) is 10.2 Å². The van der Waals surface area contributed by atoms with Crippen LogP contribution in [0.1, 0.15) is 18.9 Å². The Kier molecular flexibility index (Phi) is 3.38. The first kappa shape index (κ1) is 14.0. The van der Waals surface area contributed by atoms with Crippen molar-refractivity contribution < 1.29 is 8.42 Å². The first-order chi connectivity index (χ1) is 9.97. The lowest BCUT2D eigenvalue weighted by atomic mass is 10.2. The maximum absolute atomic E-state index is 11.7. The summed E-state index contributed by atoms with van der Waals surface area (Å²) >= 11 is 0. The van der Waals surface area contributed by atoms with Gasteiger partial charge in [0.25, 0.3) is 0 Å². The van der Waals surface area contributed by atoms with E-state index in [1.165, 1.54) is 14.1 Å². The molecule has 1 saturated carbocycles. The zero-order valence-electron chi connectivity index (χ0n) is 11.8. The second-order valence-electron chi connectivity index (χ2n) is 5.15. The van der Waals surface area contributed by atoms with Crippen LogP contribution in [0.15, 0.2) is 24.3 Å². The molecule has 8 nitrogen and oxygen atoms in total. The maximum atomic E-state index is 11.7. The van der Waals surface area contributed by atoms with Crippen molar-refractivity contribution in [1.29, 1.82) is 0 Å². The molecule has 0 spiro atoms.